The van der Waals surface area contributed by atoms with Crippen molar-refractivity contribution in [3.63, 3.8) is 0 Å². The lowest BCUT2D eigenvalue weighted by Crippen LogP contribution is -2.29. The van der Waals surface area contributed by atoms with Gasteiger partial charge in [0.05, 0.1) is 12.0 Å². The first kappa shape index (κ1) is 16.9. The van der Waals surface area contributed by atoms with Crippen LogP contribution >= 0.6 is 0 Å². The molecule has 0 unspecified atom stereocenters. The van der Waals surface area contributed by atoms with E-state index in [9.17, 15) is 9.59 Å². The van der Waals surface area contributed by atoms with Crippen molar-refractivity contribution in [3.8, 4) is 0 Å². The number of aliphatic carboxylic acids is 1. The molecule has 0 heterocycles. The Hall–Kier alpha value is -2.14. The highest BCUT2D eigenvalue weighted by molar-refractivity contribution is 5.92. The number of amides is 1. The second-order valence-corrected chi connectivity index (χ2v) is 5.43. The van der Waals surface area contributed by atoms with Crippen molar-refractivity contribution in [1.82, 2.24) is 0 Å². The normalized spacial score (nSPS) is 11.6. The zero-order valence-corrected chi connectivity index (χ0v) is 12.8. The molecule has 1 aromatic rings. The van der Waals surface area contributed by atoms with Crippen molar-refractivity contribution in [1.29, 1.82) is 0 Å². The Labute approximate surface area is 124 Å². The van der Waals surface area contributed by atoms with Gasteiger partial charge in [-0.2, -0.15) is 0 Å². The van der Waals surface area contributed by atoms with Crippen LogP contribution in [0.15, 0.2) is 24.3 Å². The van der Waals surface area contributed by atoms with Crippen LogP contribution in [0.25, 0.3) is 6.08 Å². The predicted octanol–water partition coefficient (Wildman–Crippen LogP) is 2.85. The number of carboxylic acid groups (broad SMARTS) is 1. The molecular weight excluding hydrogens is 270 g/mol. The number of carbonyl (C=O) groups excluding carboxylic acids is 1. The lowest BCUT2D eigenvalue weighted by Gasteiger charge is -2.22. The third-order valence-corrected chi connectivity index (χ3v) is 3.09. The summed E-state index contributed by atoms with van der Waals surface area (Å²) in [5, 5.41) is 11.5. The maximum absolute atomic E-state index is 12.0. The van der Waals surface area contributed by atoms with Gasteiger partial charge < -0.3 is 15.2 Å². The summed E-state index contributed by atoms with van der Waals surface area (Å²) >= 11 is 0. The number of nitrogens with one attached hydrogen (secondary N) is 1. The molecule has 0 saturated carbocycles. The first-order chi connectivity index (χ1) is 9.73. The van der Waals surface area contributed by atoms with E-state index in [1.165, 1.54) is 6.08 Å². The third-order valence-electron chi connectivity index (χ3n) is 3.09. The molecule has 0 aliphatic carbocycles. The molecule has 0 atom stereocenters. The van der Waals surface area contributed by atoms with E-state index in [0.29, 0.717) is 11.3 Å². The summed E-state index contributed by atoms with van der Waals surface area (Å²) in [6, 6.07) is 5.37. The number of carboxylic acids is 1. The summed E-state index contributed by atoms with van der Waals surface area (Å²) in [6.45, 7) is 5.55. The van der Waals surface area contributed by atoms with Crippen LogP contribution in [0, 0.1) is 6.92 Å². The number of ether oxygens (including phenoxy) is 1. The third kappa shape index (κ3) is 5.79. The van der Waals surface area contributed by atoms with Gasteiger partial charge in [-0.15, -0.1) is 0 Å². The fourth-order valence-corrected chi connectivity index (χ4v) is 1.70. The molecule has 114 valence electrons. The molecule has 0 spiro atoms. The molecule has 5 heteroatoms. The van der Waals surface area contributed by atoms with Crippen LogP contribution in [-0.2, 0) is 14.3 Å². The number of anilines is 1. The smallest absolute Gasteiger partial charge is 0.328 e. The first-order valence-corrected chi connectivity index (χ1v) is 6.60. The van der Waals surface area contributed by atoms with Crippen molar-refractivity contribution >= 4 is 23.6 Å². The van der Waals surface area contributed by atoms with E-state index in [1.54, 1.807) is 19.2 Å². The van der Waals surface area contributed by atoms with Crippen LogP contribution < -0.4 is 5.32 Å². The molecule has 0 fully saturated rings. The number of rotatable bonds is 6. The molecule has 0 radical (unpaired) electrons. The van der Waals surface area contributed by atoms with Gasteiger partial charge in [-0.25, -0.2) is 4.79 Å². The van der Waals surface area contributed by atoms with Crippen molar-refractivity contribution in [2.75, 3.05) is 12.4 Å². The summed E-state index contributed by atoms with van der Waals surface area (Å²) in [6.07, 6.45) is 2.78. The molecule has 2 N–H and O–H groups in total. The van der Waals surface area contributed by atoms with E-state index in [-0.39, 0.29) is 12.3 Å². The molecule has 0 saturated heterocycles. The van der Waals surface area contributed by atoms with Gasteiger partial charge in [-0.05, 0) is 44.0 Å². The second kappa shape index (κ2) is 7.04. The van der Waals surface area contributed by atoms with Gasteiger partial charge in [-0.1, -0.05) is 12.1 Å². The van der Waals surface area contributed by atoms with Gasteiger partial charge in [0, 0.05) is 18.9 Å². The maximum Gasteiger partial charge on any atom is 0.328 e. The van der Waals surface area contributed by atoms with Crippen LogP contribution in [0.5, 0.6) is 0 Å². The van der Waals surface area contributed by atoms with E-state index >= 15 is 0 Å². The number of aryl methyl sites for hydroxylation is 1. The average Bonchev–Trinajstić information content (AvgIpc) is 2.39. The van der Waals surface area contributed by atoms with Crippen LogP contribution in [-0.4, -0.2) is 29.7 Å². The number of methoxy groups -OCH3 is 1. The van der Waals surface area contributed by atoms with Gasteiger partial charge in [-0.3, -0.25) is 4.79 Å². The molecule has 5 nitrogen and oxygen atoms in total. The standard InChI is InChI=1S/C16H21NO4/c1-11-5-6-12(7-8-15(19)20)9-13(11)17-14(18)10-16(2,3)21-4/h5-9H,10H2,1-4H3,(H,17,18)(H,19,20)/b8-7+. The second-order valence-electron chi connectivity index (χ2n) is 5.43. The Morgan fingerprint density at radius 2 is 2.05 bits per heavy atom. The average molecular weight is 291 g/mol. The van der Waals surface area contributed by atoms with E-state index in [1.807, 2.05) is 26.8 Å². The highest BCUT2D eigenvalue weighted by Gasteiger charge is 2.21. The summed E-state index contributed by atoms with van der Waals surface area (Å²) in [4.78, 5) is 22.5. The molecule has 1 amide bonds. The number of benzene rings is 1. The fraction of sp³-hybridized carbons (Fsp3) is 0.375. The summed E-state index contributed by atoms with van der Waals surface area (Å²) in [5.41, 5.74) is 1.76. The minimum atomic E-state index is -1.01. The van der Waals surface area contributed by atoms with Crippen LogP contribution in [0.4, 0.5) is 5.69 Å². The molecule has 0 aliphatic heterocycles. The summed E-state index contributed by atoms with van der Waals surface area (Å²) in [7, 11) is 1.57. The molecule has 1 rings (SSSR count). The SMILES string of the molecule is COC(C)(C)CC(=O)Nc1cc(/C=C/C(=O)O)ccc1C. The Balaban J connectivity index is 2.85. The van der Waals surface area contributed by atoms with Gasteiger partial charge in [0.15, 0.2) is 0 Å². The van der Waals surface area contributed by atoms with E-state index in [0.717, 1.165) is 11.6 Å². The van der Waals surface area contributed by atoms with E-state index < -0.39 is 11.6 Å². The van der Waals surface area contributed by atoms with Gasteiger partial charge in [0.25, 0.3) is 0 Å². The highest BCUT2D eigenvalue weighted by atomic mass is 16.5. The molecule has 21 heavy (non-hydrogen) atoms. The molecule has 0 bridgehead atoms. The summed E-state index contributed by atoms with van der Waals surface area (Å²) < 4.78 is 5.23. The summed E-state index contributed by atoms with van der Waals surface area (Å²) in [5.74, 6) is -1.16. The van der Waals surface area contributed by atoms with Gasteiger partial charge in [0.1, 0.15) is 0 Å². The van der Waals surface area contributed by atoms with E-state index in [2.05, 4.69) is 5.32 Å². The Bertz CT molecular complexity index is 561. The Morgan fingerprint density at radius 3 is 2.62 bits per heavy atom. The minimum Gasteiger partial charge on any atom is -0.478 e. The monoisotopic (exact) mass is 291 g/mol. The maximum atomic E-state index is 12.0. The minimum absolute atomic E-state index is 0.149. The van der Waals surface area contributed by atoms with Crippen LogP contribution in [0.1, 0.15) is 31.4 Å². The van der Waals surface area contributed by atoms with Crippen molar-refractivity contribution in [3.05, 3.63) is 35.4 Å². The Kier molecular flexibility index (Phi) is 5.67. The molecule has 1 aromatic carbocycles. The lowest BCUT2D eigenvalue weighted by molar-refractivity contribution is -0.131. The van der Waals surface area contributed by atoms with Crippen LogP contribution in [0.2, 0.25) is 0 Å². The van der Waals surface area contributed by atoms with Gasteiger partial charge in [0.2, 0.25) is 5.91 Å². The molecular formula is C16H21NO4. The number of hydrogen-bond acceptors (Lipinski definition) is 3. The largest absolute Gasteiger partial charge is 0.478 e. The van der Waals surface area contributed by atoms with Crippen LogP contribution in [0.3, 0.4) is 0 Å². The highest BCUT2D eigenvalue weighted by Crippen LogP contribution is 2.20. The van der Waals surface area contributed by atoms with E-state index in [4.69, 9.17) is 9.84 Å². The lowest BCUT2D eigenvalue weighted by atomic mass is 10.0. The fourth-order valence-electron chi connectivity index (χ4n) is 1.70. The zero-order valence-electron chi connectivity index (χ0n) is 12.8. The van der Waals surface area contributed by atoms with Crippen molar-refractivity contribution < 1.29 is 19.4 Å². The first-order valence-electron chi connectivity index (χ1n) is 6.60. The quantitative estimate of drug-likeness (QED) is 0.790. The van der Waals surface area contributed by atoms with Crippen molar-refractivity contribution in [2.24, 2.45) is 0 Å². The Morgan fingerprint density at radius 1 is 1.38 bits per heavy atom. The van der Waals surface area contributed by atoms with Gasteiger partial charge >= 0.3 is 5.97 Å². The number of carbonyl (C=O) groups is 2. The molecule has 0 aliphatic rings. The number of hydrogen-bond donors (Lipinski definition) is 2. The topological polar surface area (TPSA) is 75.6 Å². The zero-order chi connectivity index (χ0) is 16.0. The predicted molar refractivity (Wildman–Crippen MR) is 82.2 cm³/mol. The molecule has 0 aromatic heterocycles. The van der Waals surface area contributed by atoms with Crippen molar-refractivity contribution in [2.45, 2.75) is 32.8 Å².